The van der Waals surface area contributed by atoms with Gasteiger partial charge in [-0.2, -0.15) is 5.10 Å². The Morgan fingerprint density at radius 1 is 1.12 bits per heavy atom. The minimum Gasteiger partial charge on any atom is -0.496 e. The maximum Gasteiger partial charge on any atom is 0.166 e. The maximum atomic E-state index is 13.1. The molecule has 2 aromatic carbocycles. The SMILES string of the molecule is COCc1nn2c3c(cnc2c1-c1cccc(Cl)c1)C(=O)C[C@@H](c1ccccc1OC)C3. The number of aromatic nitrogens is 3. The Hall–Kier alpha value is -3.22. The monoisotopic (exact) mass is 447 g/mol. The van der Waals surface area contributed by atoms with Crippen LogP contribution in [0.1, 0.15) is 39.6 Å². The molecular weight excluding hydrogens is 426 g/mol. The number of methoxy groups -OCH3 is 2. The summed E-state index contributed by atoms with van der Waals surface area (Å²) in [7, 11) is 3.29. The van der Waals surface area contributed by atoms with Crippen molar-refractivity contribution in [1.29, 1.82) is 0 Å². The summed E-state index contributed by atoms with van der Waals surface area (Å²) in [4.78, 5) is 17.7. The van der Waals surface area contributed by atoms with Gasteiger partial charge in [-0.05, 0) is 35.7 Å². The van der Waals surface area contributed by atoms with Crippen molar-refractivity contribution in [3.8, 4) is 16.9 Å². The van der Waals surface area contributed by atoms with Crippen LogP contribution in [0.15, 0.2) is 54.7 Å². The molecule has 0 aliphatic heterocycles. The molecule has 4 aromatic rings. The lowest BCUT2D eigenvalue weighted by atomic mass is 9.81. The second-order valence-electron chi connectivity index (χ2n) is 7.89. The number of hydrogen-bond acceptors (Lipinski definition) is 5. The third-order valence-corrected chi connectivity index (χ3v) is 6.20. The second kappa shape index (κ2) is 8.37. The van der Waals surface area contributed by atoms with Crippen molar-refractivity contribution in [2.45, 2.75) is 25.4 Å². The Kier molecular flexibility index (Phi) is 5.41. The summed E-state index contributed by atoms with van der Waals surface area (Å²) in [5, 5.41) is 5.46. The molecule has 0 spiro atoms. The largest absolute Gasteiger partial charge is 0.496 e. The number of carbonyl (C=O) groups excluding carboxylic acids is 1. The minimum absolute atomic E-state index is 0.00134. The van der Waals surface area contributed by atoms with E-state index in [0.717, 1.165) is 33.8 Å². The zero-order valence-electron chi connectivity index (χ0n) is 17.8. The molecule has 1 aliphatic carbocycles. The summed E-state index contributed by atoms with van der Waals surface area (Å²) in [6, 6.07) is 15.5. The van der Waals surface area contributed by atoms with Crippen LogP contribution in [-0.2, 0) is 17.8 Å². The molecule has 0 radical (unpaired) electrons. The standard InChI is InChI=1S/C25H22ClN3O3/c1-31-14-20-24(15-6-5-7-17(26)10-15)25-27-13-19-21(29(25)28-20)11-16(12-22(19)30)18-8-3-4-9-23(18)32-2/h3-10,13,16H,11-12,14H2,1-2H3/t16-/m0/s1. The van der Waals surface area contributed by atoms with E-state index in [0.29, 0.717) is 35.7 Å². The van der Waals surface area contributed by atoms with Crippen molar-refractivity contribution in [3.05, 3.63) is 82.3 Å². The molecule has 0 unspecified atom stereocenters. The van der Waals surface area contributed by atoms with Crippen molar-refractivity contribution in [3.63, 3.8) is 0 Å². The molecule has 0 amide bonds. The summed E-state index contributed by atoms with van der Waals surface area (Å²) in [5.41, 5.74) is 5.72. The van der Waals surface area contributed by atoms with E-state index >= 15 is 0 Å². The molecule has 6 nitrogen and oxygen atoms in total. The predicted molar refractivity (Wildman–Crippen MR) is 123 cm³/mol. The lowest BCUT2D eigenvalue weighted by Gasteiger charge is -2.25. The van der Waals surface area contributed by atoms with Crippen molar-refractivity contribution in [2.24, 2.45) is 0 Å². The Morgan fingerprint density at radius 3 is 2.75 bits per heavy atom. The molecule has 1 aliphatic rings. The van der Waals surface area contributed by atoms with Crippen molar-refractivity contribution < 1.29 is 14.3 Å². The van der Waals surface area contributed by atoms with Crippen LogP contribution in [0.4, 0.5) is 0 Å². The fraction of sp³-hybridized carbons (Fsp3) is 0.240. The molecule has 32 heavy (non-hydrogen) atoms. The normalized spacial score (nSPS) is 15.7. The quantitative estimate of drug-likeness (QED) is 0.425. The van der Waals surface area contributed by atoms with E-state index in [1.54, 1.807) is 24.9 Å². The summed E-state index contributed by atoms with van der Waals surface area (Å²) in [6.07, 6.45) is 2.75. The van der Waals surface area contributed by atoms with Gasteiger partial charge in [-0.3, -0.25) is 4.79 Å². The molecule has 0 saturated heterocycles. The van der Waals surface area contributed by atoms with Crippen LogP contribution in [0, 0.1) is 0 Å². The van der Waals surface area contributed by atoms with Gasteiger partial charge in [0.05, 0.1) is 36.2 Å². The summed E-state index contributed by atoms with van der Waals surface area (Å²) < 4.78 is 12.8. The molecule has 7 heteroatoms. The first-order chi connectivity index (χ1) is 15.6. The first-order valence-corrected chi connectivity index (χ1v) is 10.8. The number of Topliss-reactive ketones (excluding diaryl/α,β-unsaturated/α-hetero) is 1. The highest BCUT2D eigenvalue weighted by molar-refractivity contribution is 6.30. The zero-order valence-corrected chi connectivity index (χ0v) is 18.6. The van der Waals surface area contributed by atoms with E-state index in [1.807, 2.05) is 48.5 Å². The molecule has 0 fully saturated rings. The van der Waals surface area contributed by atoms with Crippen molar-refractivity contribution in [1.82, 2.24) is 14.6 Å². The highest BCUT2D eigenvalue weighted by atomic mass is 35.5. The van der Waals surface area contributed by atoms with Gasteiger partial charge in [-0.25, -0.2) is 9.50 Å². The molecule has 2 heterocycles. The van der Waals surface area contributed by atoms with Crippen LogP contribution >= 0.6 is 11.6 Å². The molecule has 0 N–H and O–H groups in total. The van der Waals surface area contributed by atoms with Crippen molar-refractivity contribution >= 4 is 23.0 Å². The van der Waals surface area contributed by atoms with E-state index in [9.17, 15) is 4.79 Å². The Labute approximate surface area is 190 Å². The fourth-order valence-corrected chi connectivity index (χ4v) is 4.73. The lowest BCUT2D eigenvalue weighted by Crippen LogP contribution is -2.23. The van der Waals surface area contributed by atoms with Gasteiger partial charge < -0.3 is 9.47 Å². The second-order valence-corrected chi connectivity index (χ2v) is 8.33. The maximum absolute atomic E-state index is 13.1. The molecule has 5 rings (SSSR count). The molecule has 162 valence electrons. The number of ether oxygens (including phenoxy) is 2. The molecule has 2 aromatic heterocycles. The lowest BCUT2D eigenvalue weighted by molar-refractivity contribution is 0.0961. The highest BCUT2D eigenvalue weighted by Gasteiger charge is 2.31. The van der Waals surface area contributed by atoms with Gasteiger partial charge in [0.15, 0.2) is 11.4 Å². The van der Waals surface area contributed by atoms with Gasteiger partial charge in [0, 0.05) is 30.7 Å². The van der Waals surface area contributed by atoms with E-state index < -0.39 is 0 Å². The van der Waals surface area contributed by atoms with Crippen molar-refractivity contribution in [2.75, 3.05) is 14.2 Å². The molecular formula is C25H22ClN3O3. The summed E-state index contributed by atoms with van der Waals surface area (Å²) in [5.74, 6) is 0.852. The van der Waals surface area contributed by atoms with Gasteiger partial charge in [-0.15, -0.1) is 0 Å². The van der Waals surface area contributed by atoms with Crippen LogP contribution in [0.3, 0.4) is 0 Å². The number of halogens is 1. The average molecular weight is 448 g/mol. The van der Waals surface area contributed by atoms with E-state index in [2.05, 4.69) is 4.98 Å². The molecule has 0 bridgehead atoms. The van der Waals surface area contributed by atoms with Gasteiger partial charge >= 0.3 is 0 Å². The summed E-state index contributed by atoms with van der Waals surface area (Å²) in [6.45, 7) is 0.323. The van der Waals surface area contributed by atoms with Crippen LogP contribution < -0.4 is 4.74 Å². The van der Waals surface area contributed by atoms with E-state index in [4.69, 9.17) is 26.2 Å². The number of nitrogens with zero attached hydrogens (tertiary/aromatic N) is 3. The van der Waals surface area contributed by atoms with E-state index in [-0.39, 0.29) is 11.7 Å². The van der Waals surface area contributed by atoms with Crippen LogP contribution in [-0.4, -0.2) is 34.6 Å². The first kappa shape index (κ1) is 20.7. The highest BCUT2D eigenvalue weighted by Crippen LogP contribution is 2.38. The van der Waals surface area contributed by atoms with Gasteiger partial charge in [0.2, 0.25) is 0 Å². The Bertz CT molecular complexity index is 1330. The smallest absolute Gasteiger partial charge is 0.166 e. The third kappa shape index (κ3) is 3.45. The molecule has 0 saturated carbocycles. The van der Waals surface area contributed by atoms with Gasteiger partial charge in [-0.1, -0.05) is 41.9 Å². The van der Waals surface area contributed by atoms with Crippen LogP contribution in [0.25, 0.3) is 16.8 Å². The first-order valence-electron chi connectivity index (χ1n) is 10.4. The van der Waals surface area contributed by atoms with Crippen LogP contribution in [0.2, 0.25) is 5.02 Å². The number of ketones is 1. The predicted octanol–water partition coefficient (Wildman–Crippen LogP) is 5.12. The van der Waals surface area contributed by atoms with Gasteiger partial charge in [0.25, 0.3) is 0 Å². The van der Waals surface area contributed by atoms with Crippen LogP contribution in [0.5, 0.6) is 5.75 Å². The number of benzene rings is 2. The third-order valence-electron chi connectivity index (χ3n) is 5.96. The topological polar surface area (TPSA) is 65.7 Å². The van der Waals surface area contributed by atoms with Gasteiger partial charge in [0.1, 0.15) is 5.75 Å². The minimum atomic E-state index is 0.00134. The zero-order chi connectivity index (χ0) is 22.2. The average Bonchev–Trinajstić information content (AvgIpc) is 3.17. The Balaban J connectivity index is 1.69. The fourth-order valence-electron chi connectivity index (χ4n) is 4.54. The number of fused-ring (bicyclic) bond motifs is 3. The number of para-hydroxylation sites is 1. The number of rotatable bonds is 5. The summed E-state index contributed by atoms with van der Waals surface area (Å²) >= 11 is 6.26. The number of carbonyl (C=O) groups is 1. The molecule has 1 atom stereocenters. The number of hydrogen-bond donors (Lipinski definition) is 0. The van der Waals surface area contributed by atoms with E-state index in [1.165, 1.54) is 0 Å². The Morgan fingerprint density at radius 2 is 1.97 bits per heavy atom.